The number of benzene rings is 1. The van der Waals surface area contributed by atoms with E-state index in [1.807, 2.05) is 27.7 Å². The lowest BCUT2D eigenvalue weighted by atomic mass is 10.2. The van der Waals surface area contributed by atoms with E-state index in [9.17, 15) is 13.2 Å². The Morgan fingerprint density at radius 3 is 1.88 bits per heavy atom. The lowest BCUT2D eigenvalue weighted by molar-refractivity contribution is -0.274. The molecule has 17 heavy (non-hydrogen) atoms. The van der Waals surface area contributed by atoms with Gasteiger partial charge in [0.15, 0.2) is 0 Å². The number of hydrogen-bond acceptors (Lipinski definition) is 1. The molecule has 0 saturated heterocycles. The first kappa shape index (κ1) is 18.5. The summed E-state index contributed by atoms with van der Waals surface area (Å²) in [7, 11) is 0. The molecule has 0 aliphatic heterocycles. The largest absolute Gasteiger partial charge is 0.573 e. The van der Waals surface area contributed by atoms with E-state index in [0.29, 0.717) is 0 Å². The van der Waals surface area contributed by atoms with E-state index < -0.39 is 6.36 Å². The van der Waals surface area contributed by atoms with Crippen LogP contribution < -0.4 is 4.74 Å². The van der Waals surface area contributed by atoms with Crippen molar-refractivity contribution in [3.8, 4) is 5.75 Å². The second-order valence-corrected chi connectivity index (χ2v) is 2.89. The van der Waals surface area contributed by atoms with E-state index in [1.54, 1.807) is 6.92 Å². The first-order chi connectivity index (χ1) is 7.88. The highest BCUT2D eigenvalue weighted by Crippen LogP contribution is 2.30. The van der Waals surface area contributed by atoms with Crippen molar-refractivity contribution in [1.82, 2.24) is 0 Å². The molecule has 0 atom stereocenters. The van der Waals surface area contributed by atoms with Crippen LogP contribution in [0, 0.1) is 6.92 Å². The van der Waals surface area contributed by atoms with E-state index in [1.165, 1.54) is 18.2 Å². The average Bonchev–Trinajstić information content (AvgIpc) is 2.27. The molecular formula is C12H18ClF3O. The first-order valence-corrected chi connectivity index (χ1v) is 5.78. The Morgan fingerprint density at radius 2 is 1.53 bits per heavy atom. The summed E-state index contributed by atoms with van der Waals surface area (Å²) in [6.07, 6.45) is -4.70. The topological polar surface area (TPSA) is 9.23 Å². The standard InChI is InChI=1S/C8H6ClF3O.2C2H6/c1-5-2-3-7(6(9)4-5)13-8(10,11)12;2*1-2/h2-4H,1H3;2*1-2H3. The molecule has 1 aromatic carbocycles. The maximum absolute atomic E-state index is 11.7. The van der Waals surface area contributed by atoms with Crippen LogP contribution in [0.1, 0.15) is 33.3 Å². The molecule has 0 bridgehead atoms. The lowest BCUT2D eigenvalue weighted by Gasteiger charge is -2.10. The van der Waals surface area contributed by atoms with Crippen LogP contribution in [0.2, 0.25) is 5.02 Å². The summed E-state index contributed by atoms with van der Waals surface area (Å²) in [5.41, 5.74) is 0.777. The molecule has 1 rings (SSSR count). The van der Waals surface area contributed by atoms with Crippen molar-refractivity contribution in [2.75, 3.05) is 0 Å². The first-order valence-electron chi connectivity index (χ1n) is 5.40. The van der Waals surface area contributed by atoms with Gasteiger partial charge in [-0.2, -0.15) is 0 Å². The number of halogens is 4. The van der Waals surface area contributed by atoms with Gasteiger partial charge in [0.05, 0.1) is 5.02 Å². The summed E-state index contributed by atoms with van der Waals surface area (Å²) >= 11 is 5.51. The van der Waals surface area contributed by atoms with Gasteiger partial charge >= 0.3 is 6.36 Å². The summed E-state index contributed by atoms with van der Waals surface area (Å²) in [5, 5.41) is -0.0441. The molecule has 1 aromatic rings. The van der Waals surface area contributed by atoms with Crippen LogP contribution in [0.25, 0.3) is 0 Å². The summed E-state index contributed by atoms with van der Waals surface area (Å²) in [6.45, 7) is 9.73. The van der Waals surface area contributed by atoms with Crippen molar-refractivity contribution < 1.29 is 17.9 Å². The van der Waals surface area contributed by atoms with Gasteiger partial charge in [0.2, 0.25) is 0 Å². The van der Waals surface area contributed by atoms with Gasteiger partial charge < -0.3 is 4.74 Å². The molecule has 0 aromatic heterocycles. The zero-order valence-corrected chi connectivity index (χ0v) is 11.4. The van der Waals surface area contributed by atoms with Gasteiger partial charge in [0, 0.05) is 0 Å². The molecule has 0 amide bonds. The third kappa shape index (κ3) is 8.86. The smallest absolute Gasteiger partial charge is 0.404 e. The van der Waals surface area contributed by atoms with Crippen LogP contribution in [0.3, 0.4) is 0 Å². The molecule has 0 N–H and O–H groups in total. The van der Waals surface area contributed by atoms with Crippen LogP contribution in [0.4, 0.5) is 13.2 Å². The minimum Gasteiger partial charge on any atom is -0.404 e. The highest BCUT2D eigenvalue weighted by atomic mass is 35.5. The van der Waals surface area contributed by atoms with Crippen molar-refractivity contribution in [2.45, 2.75) is 41.0 Å². The summed E-state index contributed by atoms with van der Waals surface area (Å²) in [5.74, 6) is -0.375. The van der Waals surface area contributed by atoms with Crippen molar-refractivity contribution in [3.63, 3.8) is 0 Å². The number of ether oxygens (including phenoxy) is 1. The third-order valence-corrected chi connectivity index (χ3v) is 1.61. The number of aryl methyl sites for hydroxylation is 1. The van der Waals surface area contributed by atoms with Gasteiger partial charge in [-0.25, -0.2) is 0 Å². The maximum Gasteiger partial charge on any atom is 0.573 e. The SMILES string of the molecule is CC.CC.Cc1ccc(OC(F)(F)F)c(Cl)c1. The summed E-state index contributed by atoms with van der Waals surface area (Å²) in [4.78, 5) is 0. The minimum absolute atomic E-state index is 0.0441. The maximum atomic E-state index is 11.7. The Kier molecular flexibility index (Phi) is 9.95. The fraction of sp³-hybridized carbons (Fsp3) is 0.500. The fourth-order valence-electron chi connectivity index (χ4n) is 0.813. The minimum atomic E-state index is -4.70. The van der Waals surface area contributed by atoms with Crippen molar-refractivity contribution in [1.29, 1.82) is 0 Å². The zero-order chi connectivity index (χ0) is 14.1. The molecule has 0 radical (unpaired) electrons. The van der Waals surface area contributed by atoms with Crippen molar-refractivity contribution in [3.05, 3.63) is 28.8 Å². The van der Waals surface area contributed by atoms with Crippen LogP contribution in [-0.4, -0.2) is 6.36 Å². The predicted molar refractivity (Wildman–Crippen MR) is 65.6 cm³/mol. The highest BCUT2D eigenvalue weighted by Gasteiger charge is 2.31. The number of hydrogen-bond donors (Lipinski definition) is 0. The molecule has 0 fully saturated rings. The number of rotatable bonds is 1. The second-order valence-electron chi connectivity index (χ2n) is 2.48. The molecule has 0 unspecified atom stereocenters. The van der Waals surface area contributed by atoms with Crippen LogP contribution >= 0.6 is 11.6 Å². The van der Waals surface area contributed by atoms with E-state index in [0.717, 1.165) is 5.56 Å². The number of alkyl halides is 3. The molecule has 0 aliphatic rings. The molecule has 0 spiro atoms. The lowest BCUT2D eigenvalue weighted by Crippen LogP contribution is -2.17. The van der Waals surface area contributed by atoms with E-state index in [-0.39, 0.29) is 10.8 Å². The molecular weight excluding hydrogens is 253 g/mol. The monoisotopic (exact) mass is 270 g/mol. The normalized spacial score (nSPS) is 9.47. The average molecular weight is 271 g/mol. The van der Waals surface area contributed by atoms with Crippen molar-refractivity contribution in [2.24, 2.45) is 0 Å². The quantitative estimate of drug-likeness (QED) is 0.645. The van der Waals surface area contributed by atoms with E-state index >= 15 is 0 Å². The van der Waals surface area contributed by atoms with Crippen LogP contribution in [0.15, 0.2) is 18.2 Å². The molecule has 0 heterocycles. The van der Waals surface area contributed by atoms with Gasteiger partial charge in [-0.3, -0.25) is 0 Å². The van der Waals surface area contributed by atoms with Crippen molar-refractivity contribution >= 4 is 11.6 Å². The van der Waals surface area contributed by atoms with Gasteiger partial charge in [0.25, 0.3) is 0 Å². The van der Waals surface area contributed by atoms with Crippen LogP contribution in [-0.2, 0) is 0 Å². The van der Waals surface area contributed by atoms with Crippen LogP contribution in [0.5, 0.6) is 5.75 Å². The van der Waals surface area contributed by atoms with Gasteiger partial charge in [0.1, 0.15) is 5.75 Å². The summed E-state index contributed by atoms with van der Waals surface area (Å²) < 4.78 is 38.9. The van der Waals surface area contributed by atoms with E-state index in [2.05, 4.69) is 4.74 Å². The zero-order valence-electron chi connectivity index (χ0n) is 10.7. The fourth-order valence-corrected chi connectivity index (χ4v) is 1.09. The molecule has 5 heteroatoms. The molecule has 1 nitrogen and oxygen atoms in total. The summed E-state index contributed by atoms with van der Waals surface area (Å²) in [6, 6.07) is 4.08. The van der Waals surface area contributed by atoms with Gasteiger partial charge in [-0.05, 0) is 24.6 Å². The molecule has 0 saturated carbocycles. The second kappa shape index (κ2) is 9.16. The highest BCUT2D eigenvalue weighted by molar-refractivity contribution is 6.32. The van der Waals surface area contributed by atoms with Gasteiger partial charge in [-0.1, -0.05) is 45.4 Å². The molecule has 100 valence electrons. The Hall–Kier alpha value is -0.900. The Bertz CT molecular complexity index is 311. The Labute approximate surface area is 106 Å². The van der Waals surface area contributed by atoms with Gasteiger partial charge in [-0.15, -0.1) is 13.2 Å². The predicted octanol–water partition coefficient (Wildman–Crippen LogP) is 5.60. The Morgan fingerprint density at radius 1 is 1.06 bits per heavy atom. The third-order valence-electron chi connectivity index (χ3n) is 1.31. The van der Waals surface area contributed by atoms with E-state index in [4.69, 9.17) is 11.6 Å². The molecule has 0 aliphatic carbocycles. The Balaban J connectivity index is 0.